The Hall–Kier alpha value is -0.900. The van der Waals surface area contributed by atoms with Crippen LogP contribution in [0.2, 0.25) is 0 Å². The van der Waals surface area contributed by atoms with Crippen molar-refractivity contribution in [3.8, 4) is 0 Å². The lowest BCUT2D eigenvalue weighted by Gasteiger charge is -2.37. The summed E-state index contributed by atoms with van der Waals surface area (Å²) in [5.41, 5.74) is 6.13. The third-order valence-corrected chi connectivity index (χ3v) is 5.35. The van der Waals surface area contributed by atoms with E-state index in [2.05, 4.69) is 13.8 Å². The second-order valence-corrected chi connectivity index (χ2v) is 7.71. The first kappa shape index (κ1) is 21.1. The van der Waals surface area contributed by atoms with E-state index < -0.39 is 0 Å². The molecule has 4 unspecified atom stereocenters. The average Bonchev–Trinajstić information content (AvgIpc) is 2.57. The predicted molar refractivity (Wildman–Crippen MR) is 99.5 cm³/mol. The Labute approximate surface area is 148 Å². The van der Waals surface area contributed by atoms with Crippen molar-refractivity contribution in [3.05, 3.63) is 0 Å². The normalized spacial score (nSPS) is 23.5. The molecule has 0 heterocycles. The number of rotatable bonds is 9. The molecule has 0 spiro atoms. The summed E-state index contributed by atoms with van der Waals surface area (Å²) in [6.45, 7) is 8.20. The Morgan fingerprint density at radius 1 is 1.00 bits per heavy atom. The largest absolute Gasteiger partial charge is 0.328 e. The van der Waals surface area contributed by atoms with Crippen molar-refractivity contribution in [2.45, 2.75) is 104 Å². The van der Waals surface area contributed by atoms with Crippen molar-refractivity contribution in [1.82, 2.24) is 4.90 Å². The van der Waals surface area contributed by atoms with Gasteiger partial charge in [0.25, 0.3) is 0 Å². The molecule has 2 amide bonds. The number of hydrogen-bond donors (Lipinski definition) is 1. The zero-order valence-electron chi connectivity index (χ0n) is 16.2. The molecule has 1 fully saturated rings. The number of amides is 2. The molecule has 140 valence electrons. The van der Waals surface area contributed by atoms with Gasteiger partial charge in [-0.05, 0) is 38.5 Å². The summed E-state index contributed by atoms with van der Waals surface area (Å²) in [6.07, 6.45) is 9.63. The number of carbonyl (C=O) groups excluding carboxylic acids is 2. The SMILES string of the molecule is CCCCC(C)C(=O)N(C(=O)C(C)CCCC)C1CCCC(N)C1. The van der Waals surface area contributed by atoms with E-state index >= 15 is 0 Å². The van der Waals surface area contributed by atoms with E-state index in [-0.39, 0.29) is 35.7 Å². The molecule has 4 heteroatoms. The van der Waals surface area contributed by atoms with E-state index in [1.165, 1.54) is 0 Å². The van der Waals surface area contributed by atoms with Gasteiger partial charge in [-0.15, -0.1) is 0 Å². The van der Waals surface area contributed by atoms with E-state index in [1.54, 1.807) is 4.90 Å². The van der Waals surface area contributed by atoms with Gasteiger partial charge in [0.1, 0.15) is 0 Å². The molecule has 4 atom stereocenters. The Balaban J connectivity index is 2.89. The molecular weight excluding hydrogens is 300 g/mol. The smallest absolute Gasteiger partial charge is 0.232 e. The van der Waals surface area contributed by atoms with Crippen molar-refractivity contribution in [2.75, 3.05) is 0 Å². The van der Waals surface area contributed by atoms with Crippen LogP contribution in [0.3, 0.4) is 0 Å². The van der Waals surface area contributed by atoms with E-state index in [0.29, 0.717) is 0 Å². The van der Waals surface area contributed by atoms with E-state index in [1.807, 2.05) is 13.8 Å². The lowest BCUT2D eigenvalue weighted by Crippen LogP contribution is -2.52. The minimum atomic E-state index is -0.0783. The Kier molecular flexibility index (Phi) is 9.57. The van der Waals surface area contributed by atoms with Gasteiger partial charge in [0.05, 0.1) is 0 Å². The molecule has 0 aliphatic heterocycles. The quantitative estimate of drug-likeness (QED) is 0.683. The molecule has 2 N–H and O–H groups in total. The summed E-state index contributed by atoms with van der Waals surface area (Å²) in [6, 6.07) is 0.116. The van der Waals surface area contributed by atoms with Crippen LogP contribution in [0.5, 0.6) is 0 Å². The summed E-state index contributed by atoms with van der Waals surface area (Å²) < 4.78 is 0. The third kappa shape index (κ3) is 6.19. The van der Waals surface area contributed by atoms with Crippen LogP contribution in [-0.2, 0) is 9.59 Å². The van der Waals surface area contributed by atoms with Crippen LogP contribution < -0.4 is 5.73 Å². The zero-order chi connectivity index (χ0) is 18.1. The van der Waals surface area contributed by atoms with Crippen LogP contribution in [0.25, 0.3) is 0 Å². The van der Waals surface area contributed by atoms with E-state index in [0.717, 1.165) is 64.2 Å². The summed E-state index contributed by atoms with van der Waals surface area (Å²) in [7, 11) is 0. The molecule has 1 rings (SSSR count). The van der Waals surface area contributed by atoms with Crippen LogP contribution in [0, 0.1) is 11.8 Å². The highest BCUT2D eigenvalue weighted by atomic mass is 16.2. The molecule has 4 nitrogen and oxygen atoms in total. The van der Waals surface area contributed by atoms with Gasteiger partial charge in [0, 0.05) is 23.9 Å². The molecule has 1 aliphatic rings. The first-order chi connectivity index (χ1) is 11.4. The maximum Gasteiger partial charge on any atom is 0.232 e. The maximum absolute atomic E-state index is 13.0. The topological polar surface area (TPSA) is 63.4 Å². The van der Waals surface area contributed by atoms with Gasteiger partial charge in [-0.3, -0.25) is 14.5 Å². The minimum absolute atomic E-state index is 0.00176. The van der Waals surface area contributed by atoms with E-state index in [4.69, 9.17) is 5.73 Å². The highest BCUT2D eigenvalue weighted by Gasteiger charge is 2.36. The maximum atomic E-state index is 13.0. The van der Waals surface area contributed by atoms with Gasteiger partial charge in [-0.1, -0.05) is 53.4 Å². The van der Waals surface area contributed by atoms with Crippen LogP contribution in [0.15, 0.2) is 0 Å². The fourth-order valence-corrected chi connectivity index (χ4v) is 3.65. The van der Waals surface area contributed by atoms with Crippen molar-refractivity contribution in [1.29, 1.82) is 0 Å². The van der Waals surface area contributed by atoms with Gasteiger partial charge in [0.2, 0.25) is 11.8 Å². The molecule has 0 aromatic heterocycles. The van der Waals surface area contributed by atoms with Crippen molar-refractivity contribution >= 4 is 11.8 Å². The minimum Gasteiger partial charge on any atom is -0.328 e. The summed E-state index contributed by atoms with van der Waals surface area (Å²) in [5, 5.41) is 0. The number of hydrogen-bond acceptors (Lipinski definition) is 3. The first-order valence-corrected chi connectivity index (χ1v) is 10.0. The summed E-state index contributed by atoms with van der Waals surface area (Å²) in [5.74, 6) is -0.109. The average molecular weight is 339 g/mol. The monoisotopic (exact) mass is 338 g/mol. The van der Waals surface area contributed by atoms with Gasteiger partial charge >= 0.3 is 0 Å². The van der Waals surface area contributed by atoms with E-state index in [9.17, 15) is 9.59 Å². The lowest BCUT2D eigenvalue weighted by atomic mass is 9.88. The van der Waals surface area contributed by atoms with Crippen LogP contribution >= 0.6 is 0 Å². The molecular formula is C20H38N2O2. The molecule has 0 radical (unpaired) electrons. The second kappa shape index (κ2) is 10.9. The van der Waals surface area contributed by atoms with Crippen molar-refractivity contribution in [2.24, 2.45) is 17.6 Å². The molecule has 1 saturated carbocycles. The zero-order valence-corrected chi connectivity index (χ0v) is 16.2. The van der Waals surface area contributed by atoms with Crippen LogP contribution in [-0.4, -0.2) is 28.8 Å². The van der Waals surface area contributed by atoms with Gasteiger partial charge < -0.3 is 5.73 Å². The van der Waals surface area contributed by atoms with Crippen LogP contribution in [0.1, 0.15) is 91.9 Å². The Bertz CT molecular complexity index is 371. The fourth-order valence-electron chi connectivity index (χ4n) is 3.65. The third-order valence-electron chi connectivity index (χ3n) is 5.35. The molecule has 1 aliphatic carbocycles. The fraction of sp³-hybridized carbons (Fsp3) is 0.900. The lowest BCUT2D eigenvalue weighted by molar-refractivity contribution is -0.153. The molecule has 0 bridgehead atoms. The summed E-state index contributed by atoms with van der Waals surface area (Å²) >= 11 is 0. The number of nitrogens with two attached hydrogens (primary N) is 1. The number of imide groups is 1. The highest BCUT2D eigenvalue weighted by Crippen LogP contribution is 2.27. The first-order valence-electron chi connectivity index (χ1n) is 10.0. The van der Waals surface area contributed by atoms with Gasteiger partial charge in [-0.2, -0.15) is 0 Å². The van der Waals surface area contributed by atoms with Crippen LogP contribution in [0.4, 0.5) is 0 Å². The summed E-state index contributed by atoms with van der Waals surface area (Å²) in [4.78, 5) is 27.7. The Morgan fingerprint density at radius 2 is 1.50 bits per heavy atom. The molecule has 24 heavy (non-hydrogen) atoms. The number of unbranched alkanes of at least 4 members (excludes halogenated alkanes) is 2. The molecule has 0 saturated heterocycles. The highest BCUT2D eigenvalue weighted by molar-refractivity contribution is 5.97. The number of carbonyl (C=O) groups is 2. The van der Waals surface area contributed by atoms with Gasteiger partial charge in [0.15, 0.2) is 0 Å². The van der Waals surface area contributed by atoms with Gasteiger partial charge in [-0.25, -0.2) is 0 Å². The standard InChI is InChI=1S/C20H38N2O2/c1-5-7-10-15(3)19(23)22(18-13-9-12-17(21)14-18)20(24)16(4)11-8-6-2/h15-18H,5-14,21H2,1-4H3. The Morgan fingerprint density at radius 3 is 1.92 bits per heavy atom. The molecule has 0 aromatic rings. The second-order valence-electron chi connectivity index (χ2n) is 7.71. The number of nitrogens with zero attached hydrogens (tertiary/aromatic N) is 1. The predicted octanol–water partition coefficient (Wildman–Crippen LogP) is 4.26. The molecule has 0 aromatic carbocycles. The van der Waals surface area contributed by atoms with Crippen molar-refractivity contribution < 1.29 is 9.59 Å². The van der Waals surface area contributed by atoms with Crippen molar-refractivity contribution in [3.63, 3.8) is 0 Å².